The van der Waals surface area contributed by atoms with Crippen LogP contribution in [0.5, 0.6) is 0 Å². The van der Waals surface area contributed by atoms with E-state index in [-0.39, 0.29) is 0 Å². The normalized spacial score (nSPS) is 10.5. The molecule has 0 saturated heterocycles. The molecule has 0 unspecified atom stereocenters. The molecule has 2 aromatic rings. The lowest BCUT2D eigenvalue weighted by Gasteiger charge is -1.99. The molecule has 0 spiro atoms. The van der Waals surface area contributed by atoms with E-state index >= 15 is 0 Å². The molecule has 0 aliphatic heterocycles. The maximum atomic E-state index is 5.62. The number of aromatic nitrogens is 4. The third kappa shape index (κ3) is 1.81. The first-order chi connectivity index (χ1) is 7.20. The van der Waals surface area contributed by atoms with Crippen molar-refractivity contribution in [1.82, 2.24) is 19.7 Å². The van der Waals surface area contributed by atoms with Gasteiger partial charge in [-0.2, -0.15) is 5.10 Å². The summed E-state index contributed by atoms with van der Waals surface area (Å²) in [5.41, 5.74) is 8.49. The average Bonchev–Trinajstić information content (AvgIpc) is 2.59. The molecular weight excluding hydrogens is 190 g/mol. The van der Waals surface area contributed by atoms with Gasteiger partial charge in [0.15, 0.2) is 0 Å². The second kappa shape index (κ2) is 3.68. The van der Waals surface area contributed by atoms with Gasteiger partial charge in [0, 0.05) is 24.9 Å². The summed E-state index contributed by atoms with van der Waals surface area (Å²) >= 11 is 0. The molecule has 0 fully saturated rings. The van der Waals surface area contributed by atoms with E-state index in [4.69, 9.17) is 5.73 Å². The van der Waals surface area contributed by atoms with E-state index in [9.17, 15) is 0 Å². The van der Waals surface area contributed by atoms with Gasteiger partial charge in [0.05, 0.1) is 11.4 Å². The number of hydrogen-bond acceptors (Lipinski definition) is 4. The standard InChI is InChI=1S/C10H13N5/c1-3-8-7(5-15(2)14-8)9-4-10(11)13-6-12-9/h4-6H,3H2,1-2H3,(H2,11,12,13). The van der Waals surface area contributed by atoms with Crippen molar-refractivity contribution in [1.29, 1.82) is 0 Å². The molecule has 15 heavy (non-hydrogen) atoms. The number of nitrogen functional groups attached to an aromatic ring is 1. The smallest absolute Gasteiger partial charge is 0.127 e. The van der Waals surface area contributed by atoms with Crippen molar-refractivity contribution in [2.75, 3.05) is 5.73 Å². The van der Waals surface area contributed by atoms with E-state index in [1.807, 2.05) is 13.2 Å². The highest BCUT2D eigenvalue weighted by atomic mass is 15.3. The third-order valence-electron chi connectivity index (χ3n) is 2.20. The zero-order chi connectivity index (χ0) is 10.8. The molecule has 5 nitrogen and oxygen atoms in total. The lowest BCUT2D eigenvalue weighted by atomic mass is 10.1. The molecule has 0 atom stereocenters. The number of anilines is 1. The van der Waals surface area contributed by atoms with Crippen LogP contribution in [-0.4, -0.2) is 19.7 Å². The van der Waals surface area contributed by atoms with Gasteiger partial charge in [-0.1, -0.05) is 6.92 Å². The molecule has 0 aliphatic carbocycles. The number of nitrogens with zero attached hydrogens (tertiary/aromatic N) is 4. The summed E-state index contributed by atoms with van der Waals surface area (Å²) < 4.78 is 1.78. The Bertz CT molecular complexity index is 474. The fraction of sp³-hybridized carbons (Fsp3) is 0.300. The molecule has 0 aliphatic rings. The first kappa shape index (κ1) is 9.64. The van der Waals surface area contributed by atoms with Crippen LogP contribution in [-0.2, 0) is 13.5 Å². The second-order valence-corrected chi connectivity index (χ2v) is 3.34. The first-order valence-electron chi connectivity index (χ1n) is 4.81. The van der Waals surface area contributed by atoms with Crippen molar-refractivity contribution in [2.24, 2.45) is 7.05 Å². The monoisotopic (exact) mass is 203 g/mol. The number of nitrogens with two attached hydrogens (primary N) is 1. The summed E-state index contributed by atoms with van der Waals surface area (Å²) in [6.45, 7) is 2.07. The molecule has 5 heteroatoms. The van der Waals surface area contributed by atoms with E-state index < -0.39 is 0 Å². The molecule has 2 rings (SSSR count). The van der Waals surface area contributed by atoms with Crippen LogP contribution >= 0.6 is 0 Å². The van der Waals surface area contributed by atoms with Gasteiger partial charge < -0.3 is 5.73 Å². The maximum Gasteiger partial charge on any atom is 0.127 e. The van der Waals surface area contributed by atoms with Gasteiger partial charge in [0.1, 0.15) is 12.1 Å². The van der Waals surface area contributed by atoms with Crippen LogP contribution in [0.25, 0.3) is 11.3 Å². The van der Waals surface area contributed by atoms with Crippen molar-refractivity contribution in [3.63, 3.8) is 0 Å². The molecule has 0 amide bonds. The molecular formula is C10H13N5. The zero-order valence-electron chi connectivity index (χ0n) is 8.81. The highest BCUT2D eigenvalue weighted by Gasteiger charge is 2.09. The maximum absolute atomic E-state index is 5.62. The Hall–Kier alpha value is -1.91. The summed E-state index contributed by atoms with van der Waals surface area (Å²) in [5.74, 6) is 0.478. The van der Waals surface area contributed by atoms with Crippen molar-refractivity contribution in [2.45, 2.75) is 13.3 Å². The van der Waals surface area contributed by atoms with Crippen molar-refractivity contribution >= 4 is 5.82 Å². The molecule has 78 valence electrons. The summed E-state index contributed by atoms with van der Waals surface area (Å²) in [6.07, 6.45) is 4.29. The fourth-order valence-electron chi connectivity index (χ4n) is 1.53. The SMILES string of the molecule is CCc1nn(C)cc1-c1cc(N)ncn1. The van der Waals surface area contributed by atoms with Gasteiger partial charge in [0.2, 0.25) is 0 Å². The van der Waals surface area contributed by atoms with E-state index in [1.54, 1.807) is 10.7 Å². The molecule has 2 aromatic heterocycles. The molecule has 0 aromatic carbocycles. The van der Waals surface area contributed by atoms with Crippen LogP contribution < -0.4 is 5.73 Å². The molecule has 0 bridgehead atoms. The molecule has 2 heterocycles. The van der Waals surface area contributed by atoms with E-state index in [2.05, 4.69) is 22.0 Å². The minimum atomic E-state index is 0.478. The number of hydrogen-bond donors (Lipinski definition) is 1. The number of aryl methyl sites for hydroxylation is 2. The predicted molar refractivity (Wildman–Crippen MR) is 58.0 cm³/mol. The molecule has 0 radical (unpaired) electrons. The summed E-state index contributed by atoms with van der Waals surface area (Å²) in [5, 5.41) is 4.35. The largest absolute Gasteiger partial charge is 0.384 e. The van der Waals surface area contributed by atoms with Crippen LogP contribution in [0.1, 0.15) is 12.6 Å². The van der Waals surface area contributed by atoms with Crippen molar-refractivity contribution in [3.05, 3.63) is 24.3 Å². The first-order valence-corrected chi connectivity index (χ1v) is 4.81. The Morgan fingerprint density at radius 1 is 1.40 bits per heavy atom. The van der Waals surface area contributed by atoms with Gasteiger partial charge in [-0.05, 0) is 6.42 Å². The van der Waals surface area contributed by atoms with E-state index in [1.165, 1.54) is 6.33 Å². The Kier molecular flexibility index (Phi) is 2.37. The van der Waals surface area contributed by atoms with Crippen LogP contribution in [0.2, 0.25) is 0 Å². The minimum absolute atomic E-state index is 0.478. The number of rotatable bonds is 2. The highest BCUT2D eigenvalue weighted by Crippen LogP contribution is 2.21. The van der Waals surface area contributed by atoms with Gasteiger partial charge in [-0.15, -0.1) is 0 Å². The van der Waals surface area contributed by atoms with Crippen molar-refractivity contribution < 1.29 is 0 Å². The quantitative estimate of drug-likeness (QED) is 0.791. The third-order valence-corrected chi connectivity index (χ3v) is 2.20. The lowest BCUT2D eigenvalue weighted by Crippen LogP contribution is -1.93. The average molecular weight is 203 g/mol. The van der Waals surface area contributed by atoms with Crippen molar-refractivity contribution in [3.8, 4) is 11.3 Å². The van der Waals surface area contributed by atoms with Gasteiger partial charge >= 0.3 is 0 Å². The van der Waals surface area contributed by atoms with Crippen LogP contribution in [0, 0.1) is 0 Å². The van der Waals surface area contributed by atoms with E-state index in [0.717, 1.165) is 23.4 Å². The lowest BCUT2D eigenvalue weighted by molar-refractivity contribution is 0.746. The van der Waals surface area contributed by atoms with Crippen LogP contribution in [0.15, 0.2) is 18.6 Å². The van der Waals surface area contributed by atoms with Crippen LogP contribution in [0.4, 0.5) is 5.82 Å². The predicted octanol–water partition coefficient (Wildman–Crippen LogP) is 1.02. The minimum Gasteiger partial charge on any atom is -0.384 e. The Morgan fingerprint density at radius 2 is 2.20 bits per heavy atom. The van der Waals surface area contributed by atoms with Gasteiger partial charge in [-0.25, -0.2) is 9.97 Å². The van der Waals surface area contributed by atoms with E-state index in [0.29, 0.717) is 5.82 Å². The summed E-state index contributed by atoms with van der Waals surface area (Å²) in [7, 11) is 1.90. The fourth-order valence-corrected chi connectivity index (χ4v) is 1.53. The zero-order valence-corrected chi connectivity index (χ0v) is 8.81. The molecule has 2 N–H and O–H groups in total. The van der Waals surface area contributed by atoms with Gasteiger partial charge in [-0.3, -0.25) is 4.68 Å². The summed E-state index contributed by atoms with van der Waals surface area (Å²) in [4.78, 5) is 8.05. The van der Waals surface area contributed by atoms with Crippen LogP contribution in [0.3, 0.4) is 0 Å². The second-order valence-electron chi connectivity index (χ2n) is 3.34. The summed E-state index contributed by atoms with van der Waals surface area (Å²) in [6, 6.07) is 1.76. The Labute approximate surface area is 88.0 Å². The Balaban J connectivity index is 2.53. The molecule has 0 saturated carbocycles. The van der Waals surface area contributed by atoms with Gasteiger partial charge in [0.25, 0.3) is 0 Å². The topological polar surface area (TPSA) is 69.6 Å². The Morgan fingerprint density at radius 3 is 2.87 bits per heavy atom. The highest BCUT2D eigenvalue weighted by molar-refractivity contribution is 5.63.